The van der Waals surface area contributed by atoms with Crippen molar-refractivity contribution in [1.29, 1.82) is 0 Å². The molecule has 1 saturated heterocycles. The van der Waals surface area contributed by atoms with Crippen LogP contribution in [0, 0.1) is 11.8 Å². The zero-order chi connectivity index (χ0) is 14.5. The SMILES string of the molecule is CC(C)CNCC(C)C(C)N1CCOC2CCCCC21. The van der Waals surface area contributed by atoms with E-state index in [1.165, 1.54) is 25.7 Å². The van der Waals surface area contributed by atoms with E-state index in [-0.39, 0.29) is 0 Å². The minimum Gasteiger partial charge on any atom is -0.375 e. The first-order valence-electron chi connectivity index (χ1n) is 8.67. The van der Waals surface area contributed by atoms with Gasteiger partial charge in [0.2, 0.25) is 0 Å². The van der Waals surface area contributed by atoms with Gasteiger partial charge in [-0.05, 0) is 44.7 Å². The number of nitrogens with one attached hydrogen (secondary N) is 1. The van der Waals surface area contributed by atoms with E-state index in [0.717, 1.165) is 32.2 Å². The zero-order valence-electron chi connectivity index (χ0n) is 13.9. The van der Waals surface area contributed by atoms with Crippen LogP contribution in [0.25, 0.3) is 0 Å². The molecule has 0 aromatic carbocycles. The Morgan fingerprint density at radius 3 is 2.60 bits per heavy atom. The molecule has 1 heterocycles. The molecule has 118 valence electrons. The Balaban J connectivity index is 1.84. The maximum absolute atomic E-state index is 6.00. The van der Waals surface area contributed by atoms with Gasteiger partial charge in [-0.3, -0.25) is 4.90 Å². The van der Waals surface area contributed by atoms with Crippen LogP contribution < -0.4 is 5.32 Å². The molecule has 3 nitrogen and oxygen atoms in total. The van der Waals surface area contributed by atoms with E-state index in [0.29, 0.717) is 24.1 Å². The molecule has 0 aromatic heterocycles. The highest BCUT2D eigenvalue weighted by molar-refractivity contribution is 4.91. The molecule has 0 aromatic rings. The highest BCUT2D eigenvalue weighted by atomic mass is 16.5. The second-order valence-electron chi connectivity index (χ2n) is 7.27. The van der Waals surface area contributed by atoms with E-state index < -0.39 is 0 Å². The number of nitrogens with zero attached hydrogens (tertiary/aromatic N) is 1. The molecule has 4 unspecified atom stereocenters. The summed E-state index contributed by atoms with van der Waals surface area (Å²) in [6, 6.07) is 1.34. The third-order valence-electron chi connectivity index (χ3n) is 5.14. The summed E-state index contributed by atoms with van der Waals surface area (Å²) >= 11 is 0. The van der Waals surface area contributed by atoms with Gasteiger partial charge in [-0.25, -0.2) is 0 Å². The van der Waals surface area contributed by atoms with Crippen LogP contribution in [-0.2, 0) is 4.74 Å². The Morgan fingerprint density at radius 1 is 1.10 bits per heavy atom. The van der Waals surface area contributed by atoms with Gasteiger partial charge in [-0.1, -0.05) is 33.6 Å². The highest BCUT2D eigenvalue weighted by Crippen LogP contribution is 2.31. The molecular weight excluding hydrogens is 248 g/mol. The normalized spacial score (nSPS) is 31.1. The van der Waals surface area contributed by atoms with Crippen molar-refractivity contribution < 1.29 is 4.74 Å². The molecule has 2 rings (SSSR count). The zero-order valence-corrected chi connectivity index (χ0v) is 13.9. The van der Waals surface area contributed by atoms with E-state index in [9.17, 15) is 0 Å². The minimum atomic E-state index is 0.510. The van der Waals surface area contributed by atoms with Crippen molar-refractivity contribution in [2.75, 3.05) is 26.2 Å². The molecule has 1 aliphatic heterocycles. The fraction of sp³-hybridized carbons (Fsp3) is 1.00. The van der Waals surface area contributed by atoms with Crippen LogP contribution in [0.1, 0.15) is 53.4 Å². The lowest BCUT2D eigenvalue weighted by Gasteiger charge is -2.48. The van der Waals surface area contributed by atoms with Gasteiger partial charge in [0.15, 0.2) is 0 Å². The van der Waals surface area contributed by atoms with Crippen LogP contribution >= 0.6 is 0 Å². The molecular formula is C17H34N2O. The van der Waals surface area contributed by atoms with Crippen LogP contribution in [-0.4, -0.2) is 49.3 Å². The summed E-state index contributed by atoms with van der Waals surface area (Å²) in [6.07, 6.45) is 5.85. The largest absolute Gasteiger partial charge is 0.375 e. The van der Waals surface area contributed by atoms with Gasteiger partial charge >= 0.3 is 0 Å². The summed E-state index contributed by atoms with van der Waals surface area (Å²) in [5.41, 5.74) is 0. The predicted molar refractivity (Wildman–Crippen MR) is 85.0 cm³/mol. The molecule has 0 bridgehead atoms. The number of rotatable bonds is 6. The van der Waals surface area contributed by atoms with Crippen molar-refractivity contribution in [1.82, 2.24) is 10.2 Å². The first-order chi connectivity index (χ1) is 9.59. The summed E-state index contributed by atoms with van der Waals surface area (Å²) in [7, 11) is 0. The molecule has 4 atom stereocenters. The van der Waals surface area contributed by atoms with Gasteiger partial charge in [0.05, 0.1) is 12.7 Å². The maximum atomic E-state index is 6.00. The number of morpholine rings is 1. The fourth-order valence-corrected chi connectivity index (χ4v) is 3.73. The van der Waals surface area contributed by atoms with Gasteiger partial charge in [-0.2, -0.15) is 0 Å². The third-order valence-corrected chi connectivity index (χ3v) is 5.14. The van der Waals surface area contributed by atoms with E-state index >= 15 is 0 Å². The quantitative estimate of drug-likeness (QED) is 0.811. The lowest BCUT2D eigenvalue weighted by molar-refractivity contribution is -0.106. The summed E-state index contributed by atoms with van der Waals surface area (Å²) < 4.78 is 6.00. The number of ether oxygens (including phenoxy) is 1. The van der Waals surface area contributed by atoms with Crippen molar-refractivity contribution in [2.24, 2.45) is 11.8 Å². The molecule has 0 spiro atoms. The molecule has 20 heavy (non-hydrogen) atoms. The van der Waals surface area contributed by atoms with Crippen LogP contribution in [0.3, 0.4) is 0 Å². The van der Waals surface area contributed by atoms with Crippen molar-refractivity contribution >= 4 is 0 Å². The van der Waals surface area contributed by atoms with Gasteiger partial charge in [0.1, 0.15) is 0 Å². The van der Waals surface area contributed by atoms with Gasteiger partial charge < -0.3 is 10.1 Å². The summed E-state index contributed by atoms with van der Waals surface area (Å²) in [5, 5.41) is 3.62. The van der Waals surface area contributed by atoms with Crippen LogP contribution in [0.15, 0.2) is 0 Å². The fourth-order valence-electron chi connectivity index (χ4n) is 3.73. The molecule has 2 aliphatic rings. The highest BCUT2D eigenvalue weighted by Gasteiger charge is 2.37. The smallest absolute Gasteiger partial charge is 0.0731 e. The summed E-state index contributed by atoms with van der Waals surface area (Å²) in [4.78, 5) is 2.75. The molecule has 1 N–H and O–H groups in total. The molecule has 2 fully saturated rings. The average molecular weight is 282 g/mol. The topological polar surface area (TPSA) is 24.5 Å². The summed E-state index contributed by atoms with van der Waals surface area (Å²) in [5.74, 6) is 1.44. The summed E-state index contributed by atoms with van der Waals surface area (Å²) in [6.45, 7) is 13.7. The minimum absolute atomic E-state index is 0.510. The Hall–Kier alpha value is -0.120. The van der Waals surface area contributed by atoms with Crippen LogP contribution in [0.2, 0.25) is 0 Å². The Bertz CT molecular complexity index is 280. The predicted octanol–water partition coefficient (Wildman–Crippen LogP) is 2.90. The lowest BCUT2D eigenvalue weighted by atomic mass is 9.87. The van der Waals surface area contributed by atoms with E-state index in [2.05, 4.69) is 37.9 Å². The molecule has 1 saturated carbocycles. The Labute approximate surface area is 125 Å². The number of hydrogen-bond acceptors (Lipinski definition) is 3. The maximum Gasteiger partial charge on any atom is 0.0731 e. The Kier molecular flexibility index (Phi) is 6.31. The first-order valence-corrected chi connectivity index (χ1v) is 8.67. The van der Waals surface area contributed by atoms with Crippen LogP contribution in [0.4, 0.5) is 0 Å². The molecule has 0 radical (unpaired) electrons. The van der Waals surface area contributed by atoms with Crippen LogP contribution in [0.5, 0.6) is 0 Å². The first kappa shape index (κ1) is 16.3. The van der Waals surface area contributed by atoms with E-state index in [1.54, 1.807) is 0 Å². The lowest BCUT2D eigenvalue weighted by Crippen LogP contribution is -2.57. The Morgan fingerprint density at radius 2 is 1.85 bits per heavy atom. The van der Waals surface area contributed by atoms with E-state index in [1.807, 2.05) is 0 Å². The van der Waals surface area contributed by atoms with Gasteiger partial charge in [0.25, 0.3) is 0 Å². The molecule has 1 aliphatic carbocycles. The van der Waals surface area contributed by atoms with Gasteiger partial charge in [-0.15, -0.1) is 0 Å². The van der Waals surface area contributed by atoms with Crippen molar-refractivity contribution in [3.05, 3.63) is 0 Å². The molecule has 0 amide bonds. The average Bonchev–Trinajstić information content (AvgIpc) is 2.45. The van der Waals surface area contributed by atoms with Crippen molar-refractivity contribution in [2.45, 2.75) is 71.6 Å². The second kappa shape index (κ2) is 7.77. The van der Waals surface area contributed by atoms with E-state index in [4.69, 9.17) is 4.74 Å². The third kappa shape index (κ3) is 4.19. The van der Waals surface area contributed by atoms with Crippen molar-refractivity contribution in [3.63, 3.8) is 0 Å². The number of fused-ring (bicyclic) bond motifs is 1. The standard InChI is InChI=1S/C17H34N2O/c1-13(2)11-18-12-14(3)15(4)19-9-10-20-17-8-6-5-7-16(17)19/h13-18H,5-12H2,1-4H3. The monoisotopic (exact) mass is 282 g/mol. The van der Waals surface area contributed by atoms with Crippen molar-refractivity contribution in [3.8, 4) is 0 Å². The number of hydrogen-bond donors (Lipinski definition) is 1. The second-order valence-corrected chi connectivity index (χ2v) is 7.27. The van der Waals surface area contributed by atoms with Gasteiger partial charge in [0, 0.05) is 18.6 Å². The molecule has 3 heteroatoms.